The summed E-state index contributed by atoms with van der Waals surface area (Å²) in [7, 11) is 0. The standard InChI is InChI=1S/C22H25N5O3/c1-14-17(12-23)13-27(14)22(29)30-18-8-7-16(10-18)19-11-20(26-25-19)24-21(28)9-15-5-3-2-4-6-15/h2-6,11,14,16-18H,7-10,13H2,1H3,(H2,24,25,26,28)/t14-,16-,17+,18+/m0/s1. The summed E-state index contributed by atoms with van der Waals surface area (Å²) in [6, 6.07) is 13.5. The van der Waals surface area contributed by atoms with Gasteiger partial charge in [-0.15, -0.1) is 0 Å². The van der Waals surface area contributed by atoms with E-state index in [1.165, 1.54) is 0 Å². The number of benzene rings is 1. The molecule has 0 radical (unpaired) electrons. The lowest BCUT2D eigenvalue weighted by molar-refractivity contribution is -0.115. The van der Waals surface area contributed by atoms with Crippen molar-refractivity contribution >= 4 is 17.8 Å². The summed E-state index contributed by atoms with van der Waals surface area (Å²) < 4.78 is 5.64. The van der Waals surface area contributed by atoms with E-state index in [0.29, 0.717) is 18.8 Å². The number of carbonyl (C=O) groups is 2. The lowest BCUT2D eigenvalue weighted by atomic mass is 9.92. The Kier molecular flexibility index (Phi) is 5.70. The largest absolute Gasteiger partial charge is 0.446 e. The summed E-state index contributed by atoms with van der Waals surface area (Å²) in [4.78, 5) is 26.1. The molecule has 2 heterocycles. The quantitative estimate of drug-likeness (QED) is 0.791. The molecule has 8 nitrogen and oxygen atoms in total. The minimum absolute atomic E-state index is 0.0886. The average molecular weight is 407 g/mol. The van der Waals surface area contributed by atoms with Gasteiger partial charge in [-0.25, -0.2) is 4.79 Å². The maximum absolute atomic E-state index is 12.3. The van der Waals surface area contributed by atoms with Crippen molar-refractivity contribution in [1.82, 2.24) is 15.1 Å². The maximum Gasteiger partial charge on any atom is 0.410 e. The molecule has 1 aliphatic heterocycles. The molecule has 0 unspecified atom stereocenters. The van der Waals surface area contributed by atoms with Crippen molar-refractivity contribution in [2.24, 2.45) is 5.92 Å². The molecule has 30 heavy (non-hydrogen) atoms. The number of carbonyl (C=O) groups excluding carboxylic acids is 2. The Morgan fingerprint density at radius 3 is 2.87 bits per heavy atom. The average Bonchev–Trinajstić information content (AvgIpc) is 3.37. The van der Waals surface area contributed by atoms with Crippen LogP contribution < -0.4 is 5.32 Å². The van der Waals surface area contributed by atoms with Crippen LogP contribution in [-0.4, -0.2) is 45.8 Å². The molecule has 1 aromatic heterocycles. The third kappa shape index (κ3) is 4.30. The first kappa shape index (κ1) is 20.0. The molecular weight excluding hydrogens is 382 g/mol. The number of nitrogens with zero attached hydrogens (tertiary/aromatic N) is 3. The molecule has 0 bridgehead atoms. The molecule has 2 N–H and O–H groups in total. The molecular formula is C22H25N5O3. The Morgan fingerprint density at radius 1 is 1.33 bits per heavy atom. The van der Waals surface area contributed by atoms with E-state index in [2.05, 4.69) is 21.6 Å². The monoisotopic (exact) mass is 407 g/mol. The number of amides is 2. The predicted octanol–water partition coefficient (Wildman–Crippen LogP) is 3.21. The van der Waals surface area contributed by atoms with E-state index >= 15 is 0 Å². The van der Waals surface area contributed by atoms with E-state index < -0.39 is 0 Å². The Morgan fingerprint density at radius 2 is 2.13 bits per heavy atom. The van der Waals surface area contributed by atoms with Crippen LogP contribution in [0, 0.1) is 17.2 Å². The van der Waals surface area contributed by atoms with E-state index in [0.717, 1.165) is 30.5 Å². The minimum Gasteiger partial charge on any atom is -0.446 e. The van der Waals surface area contributed by atoms with Gasteiger partial charge in [-0.3, -0.25) is 9.89 Å². The normalized spacial score (nSPS) is 25.3. The lowest BCUT2D eigenvalue weighted by Crippen LogP contribution is -2.57. The summed E-state index contributed by atoms with van der Waals surface area (Å²) >= 11 is 0. The van der Waals surface area contributed by atoms with Crippen LogP contribution in [0.25, 0.3) is 0 Å². The van der Waals surface area contributed by atoms with Crippen molar-refractivity contribution in [1.29, 1.82) is 5.26 Å². The van der Waals surface area contributed by atoms with Crippen molar-refractivity contribution in [3.63, 3.8) is 0 Å². The van der Waals surface area contributed by atoms with Crippen LogP contribution in [0.4, 0.5) is 10.6 Å². The maximum atomic E-state index is 12.3. The second kappa shape index (κ2) is 8.57. The van der Waals surface area contributed by atoms with Gasteiger partial charge in [-0.05, 0) is 31.7 Å². The van der Waals surface area contributed by atoms with Gasteiger partial charge in [0.15, 0.2) is 5.82 Å². The number of nitriles is 1. The molecule has 8 heteroatoms. The minimum atomic E-state index is -0.335. The number of aromatic amines is 1. The first-order valence-electron chi connectivity index (χ1n) is 10.3. The van der Waals surface area contributed by atoms with Crippen molar-refractivity contribution in [2.75, 3.05) is 11.9 Å². The molecule has 2 aliphatic rings. The van der Waals surface area contributed by atoms with Crippen LogP contribution in [0.5, 0.6) is 0 Å². The summed E-state index contributed by atoms with van der Waals surface area (Å²) in [5.74, 6) is 0.491. The van der Waals surface area contributed by atoms with Crippen LogP contribution in [0.2, 0.25) is 0 Å². The van der Waals surface area contributed by atoms with Crippen molar-refractivity contribution in [3.8, 4) is 6.07 Å². The molecule has 2 amide bonds. The second-order valence-electron chi connectivity index (χ2n) is 8.06. The second-order valence-corrected chi connectivity index (χ2v) is 8.06. The van der Waals surface area contributed by atoms with E-state index in [9.17, 15) is 9.59 Å². The van der Waals surface area contributed by atoms with Crippen LogP contribution in [0.1, 0.15) is 43.4 Å². The first-order chi connectivity index (χ1) is 14.5. The summed E-state index contributed by atoms with van der Waals surface area (Å²) in [6.45, 7) is 2.31. The predicted molar refractivity (Wildman–Crippen MR) is 109 cm³/mol. The Bertz CT molecular complexity index is 951. The third-order valence-electron chi connectivity index (χ3n) is 6.03. The zero-order chi connectivity index (χ0) is 21.1. The number of ether oxygens (including phenoxy) is 1. The molecule has 1 aliphatic carbocycles. The van der Waals surface area contributed by atoms with Gasteiger partial charge < -0.3 is 15.0 Å². The zero-order valence-electron chi connectivity index (χ0n) is 16.9. The van der Waals surface area contributed by atoms with Crippen LogP contribution in [0.15, 0.2) is 36.4 Å². The molecule has 4 atom stereocenters. The Balaban J connectivity index is 1.26. The third-order valence-corrected chi connectivity index (χ3v) is 6.03. The molecule has 4 rings (SSSR count). The number of likely N-dealkylation sites (tertiary alicyclic amines) is 1. The molecule has 0 spiro atoms. The Labute approximate surface area is 175 Å². The van der Waals surface area contributed by atoms with Gasteiger partial charge in [0.25, 0.3) is 0 Å². The van der Waals surface area contributed by atoms with Gasteiger partial charge in [0.1, 0.15) is 6.10 Å². The van der Waals surface area contributed by atoms with Gasteiger partial charge in [0.2, 0.25) is 5.91 Å². The summed E-state index contributed by atoms with van der Waals surface area (Å²) in [5.41, 5.74) is 1.88. The number of aromatic nitrogens is 2. The van der Waals surface area contributed by atoms with Gasteiger partial charge in [-0.1, -0.05) is 30.3 Å². The number of hydrogen-bond acceptors (Lipinski definition) is 5. The van der Waals surface area contributed by atoms with Gasteiger partial charge in [0, 0.05) is 30.3 Å². The number of nitrogens with one attached hydrogen (secondary N) is 2. The van der Waals surface area contributed by atoms with Crippen LogP contribution in [0.3, 0.4) is 0 Å². The van der Waals surface area contributed by atoms with Crippen molar-refractivity contribution < 1.29 is 14.3 Å². The summed E-state index contributed by atoms with van der Waals surface area (Å²) in [6.07, 6.45) is 2.21. The highest BCUT2D eigenvalue weighted by Crippen LogP contribution is 2.36. The number of hydrogen-bond donors (Lipinski definition) is 2. The van der Waals surface area contributed by atoms with Crippen LogP contribution >= 0.6 is 0 Å². The first-order valence-corrected chi connectivity index (χ1v) is 10.3. The lowest BCUT2D eigenvalue weighted by Gasteiger charge is -2.42. The van der Waals surface area contributed by atoms with Crippen molar-refractivity contribution in [2.45, 2.75) is 50.7 Å². The fourth-order valence-electron chi connectivity index (χ4n) is 4.12. The van der Waals surface area contributed by atoms with E-state index in [1.807, 2.05) is 43.3 Å². The van der Waals surface area contributed by atoms with Crippen LogP contribution in [-0.2, 0) is 16.0 Å². The fourth-order valence-corrected chi connectivity index (χ4v) is 4.12. The SMILES string of the molecule is C[C@H]1[C@H](C#N)CN1C(=O)O[C@@H]1CC[C@H](c2cc(NC(=O)Cc3ccccc3)n[nH]2)C1. The highest BCUT2D eigenvalue weighted by molar-refractivity contribution is 5.91. The van der Waals surface area contributed by atoms with E-state index in [1.54, 1.807) is 4.90 Å². The number of rotatable bonds is 5. The van der Waals surface area contributed by atoms with Gasteiger partial charge in [-0.2, -0.15) is 10.4 Å². The Hall–Kier alpha value is -3.34. The topological polar surface area (TPSA) is 111 Å². The highest BCUT2D eigenvalue weighted by Gasteiger charge is 2.41. The molecule has 2 fully saturated rings. The highest BCUT2D eigenvalue weighted by atomic mass is 16.6. The molecule has 1 saturated carbocycles. The van der Waals surface area contributed by atoms with E-state index in [4.69, 9.17) is 10.00 Å². The van der Waals surface area contributed by atoms with Gasteiger partial charge in [0.05, 0.1) is 18.4 Å². The molecule has 2 aromatic rings. The number of H-pyrrole nitrogens is 1. The number of anilines is 1. The fraction of sp³-hybridized carbons (Fsp3) is 0.455. The molecule has 1 saturated heterocycles. The summed E-state index contributed by atoms with van der Waals surface area (Å²) in [5, 5.41) is 19.0. The van der Waals surface area contributed by atoms with E-state index in [-0.39, 0.29) is 36.0 Å². The molecule has 1 aromatic carbocycles. The zero-order valence-corrected chi connectivity index (χ0v) is 16.9. The molecule has 156 valence electrons. The smallest absolute Gasteiger partial charge is 0.410 e. The van der Waals surface area contributed by atoms with Crippen molar-refractivity contribution in [3.05, 3.63) is 47.7 Å². The van der Waals surface area contributed by atoms with Gasteiger partial charge >= 0.3 is 6.09 Å².